The Bertz CT molecular complexity index is 276. The molecule has 1 heterocycles. The molecular weight excluding hydrogens is 246 g/mol. The second-order valence-electron chi connectivity index (χ2n) is 1.97. The van der Waals surface area contributed by atoms with E-state index in [9.17, 15) is 4.79 Å². The third kappa shape index (κ3) is 3.29. The second kappa shape index (κ2) is 4.54. The first-order chi connectivity index (χ1) is 5.68. The maximum absolute atomic E-state index is 10.0. The molecule has 0 unspecified atom stereocenters. The first kappa shape index (κ1) is 9.63. The fourth-order valence-electron chi connectivity index (χ4n) is 0.589. The standard InChI is InChI=1S/C6H6BrNO3S/c7-6-8-1-4(12-6)2-11-3-5(9)10/h1H,2-3H2,(H,9,10). The molecule has 1 aromatic heterocycles. The number of rotatable bonds is 4. The van der Waals surface area contributed by atoms with Crippen LogP contribution in [0.25, 0.3) is 0 Å². The van der Waals surface area contributed by atoms with Crippen molar-refractivity contribution in [1.82, 2.24) is 4.98 Å². The minimum Gasteiger partial charge on any atom is -0.480 e. The van der Waals surface area contributed by atoms with Crippen molar-refractivity contribution in [3.63, 3.8) is 0 Å². The largest absolute Gasteiger partial charge is 0.480 e. The Hall–Kier alpha value is -0.460. The van der Waals surface area contributed by atoms with Gasteiger partial charge in [0.05, 0.1) is 11.5 Å². The third-order valence-corrected chi connectivity index (χ3v) is 2.44. The molecule has 0 bridgehead atoms. The fraction of sp³-hybridized carbons (Fsp3) is 0.333. The molecule has 0 aliphatic rings. The predicted molar refractivity (Wildman–Crippen MR) is 47.1 cm³/mol. The van der Waals surface area contributed by atoms with Gasteiger partial charge < -0.3 is 9.84 Å². The highest BCUT2D eigenvalue weighted by Gasteiger charge is 2.00. The summed E-state index contributed by atoms with van der Waals surface area (Å²) in [7, 11) is 0. The summed E-state index contributed by atoms with van der Waals surface area (Å²) >= 11 is 4.62. The lowest BCUT2D eigenvalue weighted by Crippen LogP contribution is -2.05. The Morgan fingerprint density at radius 2 is 2.58 bits per heavy atom. The molecule has 0 aromatic carbocycles. The van der Waals surface area contributed by atoms with Crippen LogP contribution in [0, 0.1) is 0 Å². The summed E-state index contributed by atoms with van der Waals surface area (Å²) in [5, 5.41) is 8.25. The lowest BCUT2D eigenvalue weighted by atomic mass is 10.6. The number of nitrogens with zero attached hydrogens (tertiary/aromatic N) is 1. The van der Waals surface area contributed by atoms with Crippen LogP contribution in [-0.2, 0) is 16.1 Å². The minimum atomic E-state index is -0.960. The Labute approximate surface area is 81.3 Å². The second-order valence-corrected chi connectivity index (χ2v) is 4.36. The topological polar surface area (TPSA) is 59.4 Å². The summed E-state index contributed by atoms with van der Waals surface area (Å²) in [6.45, 7) is 0.0328. The summed E-state index contributed by atoms with van der Waals surface area (Å²) in [5.41, 5.74) is 0. The van der Waals surface area contributed by atoms with Crippen molar-refractivity contribution in [2.75, 3.05) is 6.61 Å². The highest BCUT2D eigenvalue weighted by Crippen LogP contribution is 2.18. The van der Waals surface area contributed by atoms with Gasteiger partial charge in [0, 0.05) is 6.20 Å². The highest BCUT2D eigenvalue weighted by atomic mass is 79.9. The van der Waals surface area contributed by atoms with E-state index in [4.69, 9.17) is 9.84 Å². The average molecular weight is 252 g/mol. The molecule has 0 saturated heterocycles. The molecule has 0 atom stereocenters. The first-order valence-corrected chi connectivity index (χ1v) is 4.69. The van der Waals surface area contributed by atoms with Crippen LogP contribution in [0.5, 0.6) is 0 Å². The number of thiazole rings is 1. The zero-order valence-corrected chi connectivity index (χ0v) is 8.39. The SMILES string of the molecule is O=C(O)COCc1cnc(Br)s1. The van der Waals surface area contributed by atoms with E-state index in [-0.39, 0.29) is 6.61 Å². The van der Waals surface area contributed by atoms with Gasteiger partial charge in [-0.05, 0) is 15.9 Å². The molecule has 1 rings (SSSR count). The van der Waals surface area contributed by atoms with Crippen LogP contribution >= 0.6 is 27.3 Å². The Kier molecular flexibility index (Phi) is 3.64. The quantitative estimate of drug-likeness (QED) is 0.882. The Morgan fingerprint density at radius 1 is 1.83 bits per heavy atom. The van der Waals surface area contributed by atoms with E-state index in [1.54, 1.807) is 6.20 Å². The molecule has 0 aliphatic heterocycles. The van der Waals surface area contributed by atoms with Gasteiger partial charge in [-0.2, -0.15) is 0 Å². The number of carboxylic acid groups (broad SMARTS) is 1. The minimum absolute atomic E-state index is 0.268. The summed E-state index contributed by atoms with van der Waals surface area (Å²) in [4.78, 5) is 14.9. The number of carboxylic acids is 1. The van der Waals surface area contributed by atoms with Crippen LogP contribution in [0.2, 0.25) is 0 Å². The smallest absolute Gasteiger partial charge is 0.329 e. The monoisotopic (exact) mass is 251 g/mol. The van der Waals surface area contributed by atoms with Gasteiger partial charge in [0.1, 0.15) is 6.61 Å². The number of hydrogen-bond donors (Lipinski definition) is 1. The zero-order chi connectivity index (χ0) is 8.97. The fourth-order valence-corrected chi connectivity index (χ4v) is 1.88. The first-order valence-electron chi connectivity index (χ1n) is 3.08. The van der Waals surface area contributed by atoms with Crippen molar-refractivity contribution in [2.45, 2.75) is 6.61 Å². The van der Waals surface area contributed by atoms with Crippen LogP contribution in [0.4, 0.5) is 0 Å². The van der Waals surface area contributed by atoms with E-state index >= 15 is 0 Å². The van der Waals surface area contributed by atoms with Gasteiger partial charge in [-0.15, -0.1) is 11.3 Å². The van der Waals surface area contributed by atoms with Crippen molar-refractivity contribution in [3.05, 3.63) is 15.0 Å². The van der Waals surface area contributed by atoms with Crippen molar-refractivity contribution < 1.29 is 14.6 Å². The van der Waals surface area contributed by atoms with E-state index in [1.807, 2.05) is 0 Å². The molecule has 6 heteroatoms. The zero-order valence-electron chi connectivity index (χ0n) is 5.99. The van der Waals surface area contributed by atoms with Gasteiger partial charge in [0.15, 0.2) is 3.92 Å². The highest BCUT2D eigenvalue weighted by molar-refractivity contribution is 9.11. The molecule has 0 aliphatic carbocycles. The van der Waals surface area contributed by atoms with E-state index in [2.05, 4.69) is 20.9 Å². The van der Waals surface area contributed by atoms with Crippen molar-refractivity contribution in [2.24, 2.45) is 0 Å². The number of ether oxygens (including phenoxy) is 1. The van der Waals surface area contributed by atoms with Crippen LogP contribution < -0.4 is 0 Å². The molecule has 1 aromatic rings. The summed E-state index contributed by atoms with van der Waals surface area (Å²) in [5.74, 6) is -0.960. The van der Waals surface area contributed by atoms with E-state index < -0.39 is 5.97 Å². The molecule has 4 nitrogen and oxygen atoms in total. The molecule has 0 saturated carbocycles. The van der Waals surface area contributed by atoms with Gasteiger partial charge in [-0.1, -0.05) is 0 Å². The summed E-state index contributed by atoms with van der Waals surface area (Å²) < 4.78 is 5.62. The van der Waals surface area contributed by atoms with Gasteiger partial charge >= 0.3 is 5.97 Å². The van der Waals surface area contributed by atoms with E-state index in [0.717, 1.165) is 8.79 Å². The van der Waals surface area contributed by atoms with E-state index in [0.29, 0.717) is 6.61 Å². The summed E-state index contributed by atoms with van der Waals surface area (Å²) in [6.07, 6.45) is 1.65. The average Bonchev–Trinajstić information content (AvgIpc) is 2.35. The van der Waals surface area contributed by atoms with Crippen LogP contribution in [-0.4, -0.2) is 22.7 Å². The third-order valence-electron chi connectivity index (χ3n) is 0.995. The van der Waals surface area contributed by atoms with Crippen molar-refractivity contribution in [1.29, 1.82) is 0 Å². The molecule has 12 heavy (non-hydrogen) atoms. The van der Waals surface area contributed by atoms with Gasteiger partial charge in [-0.3, -0.25) is 0 Å². The van der Waals surface area contributed by atoms with Crippen LogP contribution in [0.15, 0.2) is 10.1 Å². The predicted octanol–water partition coefficient (Wildman–Crippen LogP) is 1.51. The molecule has 0 radical (unpaired) electrons. The van der Waals surface area contributed by atoms with Crippen molar-refractivity contribution in [3.8, 4) is 0 Å². The number of carbonyl (C=O) groups is 1. The number of aromatic nitrogens is 1. The Morgan fingerprint density at radius 3 is 3.08 bits per heavy atom. The molecule has 0 spiro atoms. The van der Waals surface area contributed by atoms with E-state index in [1.165, 1.54) is 11.3 Å². The normalized spacial score (nSPS) is 10.1. The van der Waals surface area contributed by atoms with Gasteiger partial charge in [0.2, 0.25) is 0 Å². The molecule has 0 amide bonds. The number of aliphatic carboxylic acids is 1. The van der Waals surface area contributed by atoms with Crippen LogP contribution in [0.1, 0.15) is 4.88 Å². The Balaban J connectivity index is 2.29. The maximum Gasteiger partial charge on any atom is 0.329 e. The molecular formula is C6H6BrNO3S. The van der Waals surface area contributed by atoms with Gasteiger partial charge in [-0.25, -0.2) is 9.78 Å². The molecule has 66 valence electrons. The van der Waals surface area contributed by atoms with Crippen molar-refractivity contribution >= 4 is 33.2 Å². The number of halogens is 1. The maximum atomic E-state index is 10.0. The summed E-state index contributed by atoms with van der Waals surface area (Å²) in [6, 6.07) is 0. The lowest BCUT2D eigenvalue weighted by Gasteiger charge is -1.95. The lowest BCUT2D eigenvalue weighted by molar-refractivity contribution is -0.142. The van der Waals surface area contributed by atoms with Crippen LogP contribution in [0.3, 0.4) is 0 Å². The molecule has 1 N–H and O–H groups in total. The number of hydrogen-bond acceptors (Lipinski definition) is 4. The van der Waals surface area contributed by atoms with Gasteiger partial charge in [0.25, 0.3) is 0 Å². The molecule has 0 fully saturated rings.